The van der Waals surface area contributed by atoms with Gasteiger partial charge in [-0.2, -0.15) is 0 Å². The van der Waals surface area contributed by atoms with Crippen LogP contribution in [0.1, 0.15) is 26.7 Å². The van der Waals surface area contributed by atoms with Crippen molar-refractivity contribution in [3.05, 3.63) is 0 Å². The molecule has 2 atom stereocenters. The predicted molar refractivity (Wildman–Crippen MR) is 67.0 cm³/mol. The topological polar surface area (TPSA) is 82.8 Å². The van der Waals surface area contributed by atoms with Crippen molar-refractivity contribution in [3.63, 3.8) is 0 Å². The summed E-state index contributed by atoms with van der Waals surface area (Å²) in [5.41, 5.74) is 5.76. The van der Waals surface area contributed by atoms with E-state index < -0.39 is 11.8 Å². The van der Waals surface area contributed by atoms with Crippen LogP contribution in [-0.4, -0.2) is 50.7 Å². The van der Waals surface area contributed by atoms with Gasteiger partial charge in [0.2, 0.25) is 5.91 Å². The van der Waals surface area contributed by atoms with E-state index >= 15 is 0 Å². The Bertz CT molecular complexity index is 271. The van der Waals surface area contributed by atoms with E-state index in [1.165, 1.54) is 0 Å². The zero-order valence-corrected chi connectivity index (χ0v) is 11.4. The largest absolute Gasteiger partial charge is 0.385 e. The zero-order chi connectivity index (χ0) is 13.6. The average Bonchev–Trinajstić information content (AvgIpc) is 2.66. The van der Waals surface area contributed by atoms with Crippen LogP contribution in [0, 0.1) is 0 Å². The quantitative estimate of drug-likeness (QED) is 0.630. The first-order valence-electron chi connectivity index (χ1n) is 6.28. The smallest absolute Gasteiger partial charge is 0.237 e. The SMILES string of the molecule is COCCCC(N)C(=O)NCC1COC(C)(C)O1. The summed E-state index contributed by atoms with van der Waals surface area (Å²) in [6.07, 6.45) is 1.30. The summed E-state index contributed by atoms with van der Waals surface area (Å²) in [6.45, 7) is 5.25. The Morgan fingerprint density at radius 2 is 2.33 bits per heavy atom. The van der Waals surface area contributed by atoms with Crippen LogP contribution in [0.2, 0.25) is 0 Å². The molecule has 1 amide bonds. The van der Waals surface area contributed by atoms with Gasteiger partial charge in [0, 0.05) is 20.3 Å². The number of nitrogens with one attached hydrogen (secondary N) is 1. The van der Waals surface area contributed by atoms with Crippen LogP contribution >= 0.6 is 0 Å². The first-order chi connectivity index (χ1) is 8.44. The van der Waals surface area contributed by atoms with Crippen molar-refractivity contribution in [2.45, 2.75) is 44.6 Å². The van der Waals surface area contributed by atoms with E-state index in [4.69, 9.17) is 19.9 Å². The second-order valence-corrected chi connectivity index (χ2v) is 4.94. The molecule has 1 aliphatic heterocycles. The summed E-state index contributed by atoms with van der Waals surface area (Å²) in [5.74, 6) is -0.713. The molecule has 0 aromatic carbocycles. The Labute approximate surface area is 108 Å². The molecule has 0 radical (unpaired) electrons. The monoisotopic (exact) mass is 260 g/mol. The molecule has 0 bridgehead atoms. The average molecular weight is 260 g/mol. The number of hydrogen-bond donors (Lipinski definition) is 2. The van der Waals surface area contributed by atoms with Crippen LogP contribution in [-0.2, 0) is 19.0 Å². The molecule has 0 aromatic heterocycles. The van der Waals surface area contributed by atoms with Gasteiger partial charge in [0.25, 0.3) is 0 Å². The maximum Gasteiger partial charge on any atom is 0.237 e. The molecule has 6 heteroatoms. The van der Waals surface area contributed by atoms with E-state index in [9.17, 15) is 4.79 Å². The van der Waals surface area contributed by atoms with Crippen molar-refractivity contribution in [3.8, 4) is 0 Å². The van der Waals surface area contributed by atoms with E-state index in [0.717, 1.165) is 6.42 Å². The number of carbonyl (C=O) groups is 1. The van der Waals surface area contributed by atoms with Gasteiger partial charge in [-0.1, -0.05) is 0 Å². The Kier molecular flexibility index (Phi) is 6.01. The second kappa shape index (κ2) is 7.04. The van der Waals surface area contributed by atoms with Gasteiger partial charge in [0.1, 0.15) is 6.10 Å². The number of carbonyl (C=O) groups excluding carboxylic acids is 1. The fourth-order valence-corrected chi connectivity index (χ4v) is 1.79. The molecular formula is C12H24N2O4. The molecule has 0 aromatic rings. The van der Waals surface area contributed by atoms with E-state index in [-0.39, 0.29) is 12.0 Å². The van der Waals surface area contributed by atoms with Crippen LogP contribution in [0.4, 0.5) is 0 Å². The molecule has 106 valence electrons. The van der Waals surface area contributed by atoms with Crippen molar-refractivity contribution >= 4 is 5.91 Å². The predicted octanol–water partition coefficient (Wildman–Crippen LogP) is 0.00800. The summed E-state index contributed by atoms with van der Waals surface area (Å²) < 4.78 is 15.9. The third-order valence-corrected chi connectivity index (χ3v) is 2.77. The minimum absolute atomic E-state index is 0.102. The summed E-state index contributed by atoms with van der Waals surface area (Å²) in [5, 5.41) is 2.78. The van der Waals surface area contributed by atoms with E-state index in [1.807, 2.05) is 13.8 Å². The molecule has 1 saturated heterocycles. The standard InChI is InChI=1S/C12H24N2O4/c1-12(2)17-8-9(18-12)7-14-11(15)10(13)5-4-6-16-3/h9-10H,4-8,13H2,1-3H3,(H,14,15). The minimum Gasteiger partial charge on any atom is -0.385 e. The van der Waals surface area contributed by atoms with Crippen LogP contribution in [0.5, 0.6) is 0 Å². The molecule has 1 aliphatic rings. The number of rotatable bonds is 7. The van der Waals surface area contributed by atoms with Gasteiger partial charge in [-0.15, -0.1) is 0 Å². The molecule has 0 spiro atoms. The van der Waals surface area contributed by atoms with Gasteiger partial charge in [-0.3, -0.25) is 4.79 Å². The van der Waals surface area contributed by atoms with Gasteiger partial charge < -0.3 is 25.3 Å². The third-order valence-electron chi connectivity index (χ3n) is 2.77. The first-order valence-corrected chi connectivity index (χ1v) is 6.28. The third kappa shape index (κ3) is 5.30. The lowest BCUT2D eigenvalue weighted by Crippen LogP contribution is -2.44. The molecule has 0 saturated carbocycles. The lowest BCUT2D eigenvalue weighted by atomic mass is 10.1. The lowest BCUT2D eigenvalue weighted by molar-refractivity contribution is -0.139. The lowest BCUT2D eigenvalue weighted by Gasteiger charge is -2.18. The van der Waals surface area contributed by atoms with Crippen molar-refractivity contribution in [2.24, 2.45) is 5.73 Å². The normalized spacial score (nSPS) is 23.9. The summed E-state index contributed by atoms with van der Waals surface area (Å²) in [4.78, 5) is 11.7. The van der Waals surface area contributed by atoms with E-state index in [1.54, 1.807) is 7.11 Å². The fourth-order valence-electron chi connectivity index (χ4n) is 1.79. The highest BCUT2D eigenvalue weighted by Gasteiger charge is 2.32. The van der Waals surface area contributed by atoms with Gasteiger partial charge >= 0.3 is 0 Å². The molecule has 6 nitrogen and oxygen atoms in total. The highest BCUT2D eigenvalue weighted by atomic mass is 16.7. The zero-order valence-electron chi connectivity index (χ0n) is 11.4. The number of methoxy groups -OCH3 is 1. The maximum absolute atomic E-state index is 11.7. The Morgan fingerprint density at radius 3 is 2.89 bits per heavy atom. The summed E-state index contributed by atoms with van der Waals surface area (Å²) in [6, 6.07) is -0.490. The highest BCUT2D eigenvalue weighted by molar-refractivity contribution is 5.81. The van der Waals surface area contributed by atoms with Gasteiger partial charge in [0.05, 0.1) is 12.6 Å². The van der Waals surface area contributed by atoms with Crippen LogP contribution in [0.3, 0.4) is 0 Å². The van der Waals surface area contributed by atoms with Gasteiger partial charge in [-0.05, 0) is 26.7 Å². The van der Waals surface area contributed by atoms with Crippen LogP contribution < -0.4 is 11.1 Å². The van der Waals surface area contributed by atoms with Crippen molar-refractivity contribution in [1.82, 2.24) is 5.32 Å². The molecule has 2 unspecified atom stereocenters. The first kappa shape index (κ1) is 15.4. The van der Waals surface area contributed by atoms with Crippen molar-refractivity contribution in [1.29, 1.82) is 0 Å². The van der Waals surface area contributed by atoms with Crippen molar-refractivity contribution in [2.75, 3.05) is 26.9 Å². The Morgan fingerprint density at radius 1 is 1.61 bits per heavy atom. The molecule has 1 heterocycles. The van der Waals surface area contributed by atoms with E-state index in [2.05, 4.69) is 5.32 Å². The molecule has 3 N–H and O–H groups in total. The number of ether oxygens (including phenoxy) is 3. The Balaban J connectivity index is 2.16. The fraction of sp³-hybridized carbons (Fsp3) is 0.917. The number of nitrogens with two attached hydrogens (primary N) is 1. The van der Waals surface area contributed by atoms with E-state index in [0.29, 0.717) is 26.2 Å². The van der Waals surface area contributed by atoms with Crippen molar-refractivity contribution < 1.29 is 19.0 Å². The Hall–Kier alpha value is -0.690. The second-order valence-electron chi connectivity index (χ2n) is 4.94. The summed E-state index contributed by atoms with van der Waals surface area (Å²) >= 11 is 0. The number of amides is 1. The highest BCUT2D eigenvalue weighted by Crippen LogP contribution is 2.21. The molecule has 0 aliphatic carbocycles. The van der Waals surface area contributed by atoms with Crippen LogP contribution in [0.25, 0.3) is 0 Å². The minimum atomic E-state index is -0.560. The number of hydrogen-bond acceptors (Lipinski definition) is 5. The molecular weight excluding hydrogens is 236 g/mol. The molecule has 18 heavy (non-hydrogen) atoms. The summed E-state index contributed by atoms with van der Waals surface area (Å²) in [7, 11) is 1.63. The molecule has 1 fully saturated rings. The van der Waals surface area contributed by atoms with Crippen LogP contribution in [0.15, 0.2) is 0 Å². The van der Waals surface area contributed by atoms with Gasteiger partial charge in [0.15, 0.2) is 5.79 Å². The molecule has 1 rings (SSSR count). The maximum atomic E-state index is 11.7. The van der Waals surface area contributed by atoms with Gasteiger partial charge in [-0.25, -0.2) is 0 Å².